The van der Waals surface area contributed by atoms with Gasteiger partial charge in [0.1, 0.15) is 11.6 Å². The molecule has 2 aliphatic heterocycles. The summed E-state index contributed by atoms with van der Waals surface area (Å²) in [5.41, 5.74) is 0.876. The largest absolute Gasteiger partial charge is 0.378 e. The van der Waals surface area contributed by atoms with Crippen LogP contribution in [0.1, 0.15) is 31.3 Å². The summed E-state index contributed by atoms with van der Waals surface area (Å²) in [7, 11) is 0. The summed E-state index contributed by atoms with van der Waals surface area (Å²) in [5.74, 6) is 1.74. The number of morpholine rings is 1. The van der Waals surface area contributed by atoms with Crippen LogP contribution in [-0.2, 0) is 9.47 Å². The van der Waals surface area contributed by atoms with E-state index < -0.39 is 0 Å². The van der Waals surface area contributed by atoms with Gasteiger partial charge in [-0.2, -0.15) is 5.10 Å². The molecule has 0 spiro atoms. The normalized spacial score (nSPS) is 23.1. The van der Waals surface area contributed by atoms with Crippen LogP contribution in [0.4, 0.5) is 5.82 Å². The smallest absolute Gasteiger partial charge is 0.166 e. The van der Waals surface area contributed by atoms with Crippen molar-refractivity contribution in [3.63, 3.8) is 0 Å². The second-order valence-corrected chi connectivity index (χ2v) is 5.84. The molecule has 2 aromatic rings. The second kappa shape index (κ2) is 5.81. The Morgan fingerprint density at radius 3 is 2.77 bits per heavy atom. The minimum atomic E-state index is -0.00177. The highest BCUT2D eigenvalue weighted by Gasteiger charge is 2.23. The molecular formula is C15H21N5O2. The molecule has 118 valence electrons. The molecule has 2 aliphatic rings. The zero-order valence-corrected chi connectivity index (χ0v) is 12.9. The molecule has 0 aromatic carbocycles. The van der Waals surface area contributed by atoms with Crippen molar-refractivity contribution < 1.29 is 9.47 Å². The fourth-order valence-electron chi connectivity index (χ4n) is 3.16. The second-order valence-electron chi connectivity index (χ2n) is 5.84. The maximum atomic E-state index is 5.86. The molecule has 7 heteroatoms. The van der Waals surface area contributed by atoms with Crippen molar-refractivity contribution in [2.45, 2.75) is 32.4 Å². The quantitative estimate of drug-likeness (QED) is 0.841. The van der Waals surface area contributed by atoms with E-state index in [1.54, 1.807) is 0 Å². The molecular weight excluding hydrogens is 282 g/mol. The number of hydrogen-bond acceptors (Lipinski definition) is 6. The van der Waals surface area contributed by atoms with Gasteiger partial charge in [-0.05, 0) is 26.2 Å². The average molecular weight is 303 g/mol. The maximum absolute atomic E-state index is 5.86. The van der Waals surface area contributed by atoms with Crippen LogP contribution in [0.2, 0.25) is 0 Å². The van der Waals surface area contributed by atoms with Crippen LogP contribution in [0, 0.1) is 6.92 Å². The number of aromatic nitrogens is 4. The topological polar surface area (TPSA) is 65.3 Å². The van der Waals surface area contributed by atoms with Crippen molar-refractivity contribution >= 4 is 16.9 Å². The summed E-state index contributed by atoms with van der Waals surface area (Å²) in [5, 5.41) is 5.55. The molecule has 2 fully saturated rings. The van der Waals surface area contributed by atoms with Crippen LogP contribution in [0.5, 0.6) is 0 Å². The Morgan fingerprint density at radius 2 is 2.00 bits per heavy atom. The van der Waals surface area contributed by atoms with Crippen LogP contribution in [0.3, 0.4) is 0 Å². The molecule has 2 aromatic heterocycles. The van der Waals surface area contributed by atoms with Crippen LogP contribution in [0.15, 0.2) is 6.20 Å². The summed E-state index contributed by atoms with van der Waals surface area (Å²) in [6.45, 7) is 5.93. The Hall–Kier alpha value is -1.73. The Balaban J connectivity index is 1.76. The number of fused-ring (bicyclic) bond motifs is 1. The molecule has 0 bridgehead atoms. The lowest BCUT2D eigenvalue weighted by atomic mass is 10.2. The molecule has 1 atom stereocenters. The van der Waals surface area contributed by atoms with E-state index in [9.17, 15) is 0 Å². The van der Waals surface area contributed by atoms with Crippen molar-refractivity contribution in [1.29, 1.82) is 0 Å². The van der Waals surface area contributed by atoms with E-state index in [1.165, 1.54) is 6.42 Å². The lowest BCUT2D eigenvalue weighted by Crippen LogP contribution is -2.37. The minimum absolute atomic E-state index is 0.00177. The van der Waals surface area contributed by atoms with Gasteiger partial charge in [-0.25, -0.2) is 14.6 Å². The third kappa shape index (κ3) is 2.44. The van der Waals surface area contributed by atoms with E-state index in [0.29, 0.717) is 0 Å². The lowest BCUT2D eigenvalue weighted by molar-refractivity contribution is -0.0370. The molecule has 0 saturated carbocycles. The molecule has 0 radical (unpaired) electrons. The van der Waals surface area contributed by atoms with E-state index in [1.807, 2.05) is 17.8 Å². The highest BCUT2D eigenvalue weighted by Crippen LogP contribution is 2.29. The molecule has 0 N–H and O–H groups in total. The van der Waals surface area contributed by atoms with Crippen molar-refractivity contribution in [3.8, 4) is 0 Å². The third-order valence-corrected chi connectivity index (χ3v) is 4.28. The minimum Gasteiger partial charge on any atom is -0.378 e. The van der Waals surface area contributed by atoms with Crippen LogP contribution in [0.25, 0.3) is 11.0 Å². The molecule has 4 rings (SSSR count). The van der Waals surface area contributed by atoms with Gasteiger partial charge < -0.3 is 14.4 Å². The van der Waals surface area contributed by atoms with E-state index >= 15 is 0 Å². The molecule has 2 saturated heterocycles. The highest BCUT2D eigenvalue weighted by molar-refractivity contribution is 5.87. The molecule has 7 nitrogen and oxygen atoms in total. The number of anilines is 1. The number of aryl methyl sites for hydroxylation is 1. The van der Waals surface area contributed by atoms with Crippen molar-refractivity contribution in [3.05, 3.63) is 12.0 Å². The molecule has 4 heterocycles. The Morgan fingerprint density at radius 1 is 1.14 bits per heavy atom. The van der Waals surface area contributed by atoms with Gasteiger partial charge in [-0.1, -0.05) is 0 Å². The van der Waals surface area contributed by atoms with E-state index in [2.05, 4.69) is 20.0 Å². The first-order chi connectivity index (χ1) is 10.8. The third-order valence-electron chi connectivity index (χ3n) is 4.28. The predicted molar refractivity (Wildman–Crippen MR) is 81.9 cm³/mol. The van der Waals surface area contributed by atoms with Gasteiger partial charge in [-0.15, -0.1) is 0 Å². The Labute approximate surface area is 129 Å². The lowest BCUT2D eigenvalue weighted by Gasteiger charge is -2.28. The van der Waals surface area contributed by atoms with Crippen LogP contribution < -0.4 is 4.90 Å². The number of nitrogens with zero attached hydrogens (tertiary/aromatic N) is 5. The molecule has 22 heavy (non-hydrogen) atoms. The van der Waals surface area contributed by atoms with Gasteiger partial charge in [0.2, 0.25) is 0 Å². The monoisotopic (exact) mass is 303 g/mol. The van der Waals surface area contributed by atoms with E-state index in [-0.39, 0.29) is 6.23 Å². The summed E-state index contributed by atoms with van der Waals surface area (Å²) in [6, 6.07) is 0. The Kier molecular flexibility index (Phi) is 3.67. The van der Waals surface area contributed by atoms with Gasteiger partial charge in [0.15, 0.2) is 11.9 Å². The molecule has 0 amide bonds. The van der Waals surface area contributed by atoms with E-state index in [0.717, 1.165) is 68.4 Å². The van der Waals surface area contributed by atoms with Gasteiger partial charge in [0, 0.05) is 19.7 Å². The highest BCUT2D eigenvalue weighted by atomic mass is 16.5. The fourth-order valence-corrected chi connectivity index (χ4v) is 3.16. The SMILES string of the molecule is Cc1nc(N2CCOCC2)c2cnn(C3CCCCO3)c2n1. The van der Waals surface area contributed by atoms with Crippen molar-refractivity contribution in [2.75, 3.05) is 37.8 Å². The molecule has 1 unspecified atom stereocenters. The predicted octanol–water partition coefficient (Wildman–Crippen LogP) is 1.67. The number of hydrogen-bond donors (Lipinski definition) is 0. The summed E-state index contributed by atoms with van der Waals surface area (Å²) < 4.78 is 13.2. The van der Waals surface area contributed by atoms with Gasteiger partial charge in [0.25, 0.3) is 0 Å². The first-order valence-corrected chi connectivity index (χ1v) is 7.99. The first-order valence-electron chi connectivity index (χ1n) is 7.99. The zero-order chi connectivity index (χ0) is 14.9. The van der Waals surface area contributed by atoms with Gasteiger partial charge >= 0.3 is 0 Å². The van der Waals surface area contributed by atoms with Crippen LogP contribution in [-0.4, -0.2) is 52.7 Å². The first kappa shape index (κ1) is 13.9. The maximum Gasteiger partial charge on any atom is 0.166 e. The fraction of sp³-hybridized carbons (Fsp3) is 0.667. The van der Waals surface area contributed by atoms with Crippen LogP contribution >= 0.6 is 0 Å². The zero-order valence-electron chi connectivity index (χ0n) is 12.9. The number of ether oxygens (including phenoxy) is 2. The average Bonchev–Trinajstić information content (AvgIpc) is 2.99. The van der Waals surface area contributed by atoms with Gasteiger partial charge in [0.05, 0.1) is 24.8 Å². The summed E-state index contributed by atoms with van der Waals surface area (Å²) in [6.07, 6.45) is 5.16. The van der Waals surface area contributed by atoms with E-state index in [4.69, 9.17) is 9.47 Å². The summed E-state index contributed by atoms with van der Waals surface area (Å²) in [4.78, 5) is 11.5. The Bertz CT molecular complexity index is 659. The number of rotatable bonds is 2. The standard InChI is InChI=1S/C15H21N5O2/c1-11-17-14(19-5-8-21-9-6-19)12-10-16-20(15(12)18-11)13-4-2-3-7-22-13/h10,13H,2-9H2,1H3. The van der Waals surface area contributed by atoms with Crippen molar-refractivity contribution in [1.82, 2.24) is 19.7 Å². The van der Waals surface area contributed by atoms with Gasteiger partial charge in [-0.3, -0.25) is 0 Å². The molecule has 0 aliphatic carbocycles. The van der Waals surface area contributed by atoms with Crippen molar-refractivity contribution in [2.24, 2.45) is 0 Å². The summed E-state index contributed by atoms with van der Waals surface area (Å²) >= 11 is 0.